The van der Waals surface area contributed by atoms with Crippen LogP contribution in [0.3, 0.4) is 0 Å². The van der Waals surface area contributed by atoms with E-state index in [9.17, 15) is 0 Å². The minimum atomic E-state index is 0.837. The van der Waals surface area contributed by atoms with Gasteiger partial charge < -0.3 is 0 Å². The monoisotopic (exact) mass is 464 g/mol. The number of aryl methyl sites for hydroxylation is 1. The zero-order chi connectivity index (χ0) is 23.6. The molecule has 3 saturated carbocycles. The highest BCUT2D eigenvalue weighted by atomic mass is 14.4. The molecular formula is C34H56. The third-order valence-corrected chi connectivity index (χ3v) is 10.5. The van der Waals surface area contributed by atoms with Crippen LogP contribution < -0.4 is 0 Å². The molecule has 0 atom stereocenters. The Kier molecular flexibility index (Phi) is 10.9. The van der Waals surface area contributed by atoms with Crippen LogP contribution in [0, 0.1) is 29.6 Å². The van der Waals surface area contributed by atoms with Crippen molar-refractivity contribution in [2.45, 2.75) is 148 Å². The first-order chi connectivity index (χ1) is 16.7. The second-order valence-electron chi connectivity index (χ2n) is 12.8. The lowest BCUT2D eigenvalue weighted by molar-refractivity contribution is 0.136. The van der Waals surface area contributed by atoms with Gasteiger partial charge in [0, 0.05) is 0 Å². The van der Waals surface area contributed by atoms with Gasteiger partial charge in [-0.25, -0.2) is 0 Å². The summed E-state index contributed by atoms with van der Waals surface area (Å²) in [5, 5.41) is 0. The summed E-state index contributed by atoms with van der Waals surface area (Å²) in [6, 6.07) is 9.65. The molecule has 192 valence electrons. The normalized spacial score (nSPS) is 32.5. The Balaban J connectivity index is 1.08. The van der Waals surface area contributed by atoms with Gasteiger partial charge in [-0.1, -0.05) is 109 Å². The first-order valence-electron chi connectivity index (χ1n) is 15.8. The summed E-state index contributed by atoms with van der Waals surface area (Å²) in [6.07, 6.45) is 29.7. The molecule has 3 fully saturated rings. The molecule has 0 heteroatoms. The Hall–Kier alpha value is -0.780. The van der Waals surface area contributed by atoms with Crippen LogP contribution in [0.1, 0.15) is 153 Å². The van der Waals surface area contributed by atoms with E-state index in [-0.39, 0.29) is 0 Å². The van der Waals surface area contributed by atoms with Gasteiger partial charge >= 0.3 is 0 Å². The van der Waals surface area contributed by atoms with E-state index in [1.165, 1.54) is 82.6 Å². The molecule has 1 aromatic rings. The van der Waals surface area contributed by atoms with Crippen LogP contribution >= 0.6 is 0 Å². The molecule has 0 saturated heterocycles. The van der Waals surface area contributed by atoms with Crippen molar-refractivity contribution in [1.82, 2.24) is 0 Å². The van der Waals surface area contributed by atoms with Crippen LogP contribution in [0.5, 0.6) is 0 Å². The number of benzene rings is 1. The largest absolute Gasteiger partial charge is 0.0654 e. The second kappa shape index (κ2) is 14.1. The van der Waals surface area contributed by atoms with Crippen molar-refractivity contribution < 1.29 is 0 Å². The summed E-state index contributed by atoms with van der Waals surface area (Å²) in [5.74, 6) is 6.18. The summed E-state index contributed by atoms with van der Waals surface area (Å²) in [6.45, 7) is 4.62. The van der Waals surface area contributed by atoms with E-state index in [4.69, 9.17) is 0 Å². The van der Waals surface area contributed by atoms with Crippen LogP contribution in [-0.4, -0.2) is 0 Å². The van der Waals surface area contributed by atoms with Gasteiger partial charge in [0.1, 0.15) is 0 Å². The van der Waals surface area contributed by atoms with E-state index in [1.54, 1.807) is 56.9 Å². The fraction of sp³-hybridized carbons (Fsp3) is 0.824. The number of hydrogen-bond donors (Lipinski definition) is 0. The van der Waals surface area contributed by atoms with Crippen molar-refractivity contribution in [1.29, 1.82) is 0 Å². The number of unbranched alkanes of at least 4 members (excludes halogenated alkanes) is 2. The lowest BCUT2D eigenvalue weighted by Gasteiger charge is -2.38. The number of rotatable bonds is 11. The highest BCUT2D eigenvalue weighted by Crippen LogP contribution is 2.44. The van der Waals surface area contributed by atoms with Gasteiger partial charge in [-0.05, 0) is 104 Å². The van der Waals surface area contributed by atoms with Gasteiger partial charge in [0.2, 0.25) is 0 Å². The van der Waals surface area contributed by atoms with Crippen molar-refractivity contribution in [2.75, 3.05) is 0 Å². The summed E-state index contributed by atoms with van der Waals surface area (Å²) in [4.78, 5) is 0. The van der Waals surface area contributed by atoms with Gasteiger partial charge in [0.25, 0.3) is 0 Å². The molecular weight excluding hydrogens is 408 g/mol. The molecule has 0 aromatic heterocycles. The van der Waals surface area contributed by atoms with E-state index in [1.807, 2.05) is 0 Å². The van der Waals surface area contributed by atoms with Crippen molar-refractivity contribution in [3.63, 3.8) is 0 Å². The Bertz CT molecular complexity index is 648. The smallest absolute Gasteiger partial charge is 0.0162 e. The maximum absolute atomic E-state index is 2.44. The molecule has 34 heavy (non-hydrogen) atoms. The first-order valence-corrected chi connectivity index (χ1v) is 15.8. The molecule has 0 radical (unpaired) electrons. The predicted molar refractivity (Wildman–Crippen MR) is 149 cm³/mol. The third-order valence-electron chi connectivity index (χ3n) is 10.5. The fourth-order valence-corrected chi connectivity index (χ4v) is 8.08. The Morgan fingerprint density at radius 3 is 1.53 bits per heavy atom. The molecule has 0 heterocycles. The SMILES string of the molecule is CCCCCC1CCC(C2CCC(CCC3CCC(c4ccc(CCC)cc4)CC3)CC2)CC1. The van der Waals surface area contributed by atoms with Crippen molar-refractivity contribution >= 4 is 0 Å². The molecule has 1 aromatic carbocycles. The Morgan fingerprint density at radius 2 is 1.03 bits per heavy atom. The van der Waals surface area contributed by atoms with E-state index in [0.29, 0.717) is 0 Å². The number of hydrogen-bond acceptors (Lipinski definition) is 0. The zero-order valence-electron chi connectivity index (χ0n) is 22.9. The van der Waals surface area contributed by atoms with Gasteiger partial charge in [0.05, 0.1) is 0 Å². The molecule has 0 nitrogen and oxygen atoms in total. The van der Waals surface area contributed by atoms with Crippen molar-refractivity contribution in [3.8, 4) is 0 Å². The molecule has 0 unspecified atom stereocenters. The van der Waals surface area contributed by atoms with E-state index >= 15 is 0 Å². The van der Waals surface area contributed by atoms with E-state index < -0.39 is 0 Å². The van der Waals surface area contributed by atoms with Gasteiger partial charge in [0.15, 0.2) is 0 Å². The van der Waals surface area contributed by atoms with Gasteiger partial charge in [-0.2, -0.15) is 0 Å². The average Bonchev–Trinajstić information content (AvgIpc) is 2.89. The average molecular weight is 465 g/mol. The van der Waals surface area contributed by atoms with Crippen LogP contribution in [-0.2, 0) is 6.42 Å². The standard InChI is InChI=1S/C34H56/c1-3-5-6-8-28-13-21-32(22-14-28)34-25-17-30(18-26-34)10-9-29-15-23-33(24-16-29)31-19-11-27(7-4-2)12-20-31/h11-12,19-20,28-30,32-34H,3-10,13-18,21-26H2,1-2H3. The van der Waals surface area contributed by atoms with Crippen LogP contribution in [0.2, 0.25) is 0 Å². The lowest BCUT2D eigenvalue weighted by Crippen LogP contribution is -2.26. The molecule has 0 spiro atoms. The van der Waals surface area contributed by atoms with Gasteiger partial charge in [-0.3, -0.25) is 0 Å². The van der Waals surface area contributed by atoms with Crippen molar-refractivity contribution in [2.24, 2.45) is 29.6 Å². The minimum absolute atomic E-state index is 0.837. The molecule has 3 aliphatic rings. The maximum atomic E-state index is 2.44. The van der Waals surface area contributed by atoms with Crippen molar-refractivity contribution in [3.05, 3.63) is 35.4 Å². The molecule has 0 bridgehead atoms. The Morgan fingerprint density at radius 1 is 0.529 bits per heavy atom. The summed E-state index contributed by atoms with van der Waals surface area (Å²) in [7, 11) is 0. The van der Waals surface area contributed by atoms with Crippen LogP contribution in [0.4, 0.5) is 0 Å². The van der Waals surface area contributed by atoms with E-state index in [0.717, 1.165) is 35.5 Å². The molecule has 0 N–H and O–H groups in total. The first kappa shape index (κ1) is 26.3. The highest BCUT2D eigenvalue weighted by molar-refractivity contribution is 5.25. The minimum Gasteiger partial charge on any atom is -0.0654 e. The molecule has 0 amide bonds. The van der Waals surface area contributed by atoms with Crippen LogP contribution in [0.15, 0.2) is 24.3 Å². The fourth-order valence-electron chi connectivity index (χ4n) is 8.08. The summed E-state index contributed by atoms with van der Waals surface area (Å²) in [5.41, 5.74) is 3.14. The maximum Gasteiger partial charge on any atom is -0.0162 e. The zero-order valence-corrected chi connectivity index (χ0v) is 22.9. The Labute approximate surface area is 213 Å². The lowest BCUT2D eigenvalue weighted by atomic mass is 9.67. The van der Waals surface area contributed by atoms with Crippen LogP contribution in [0.25, 0.3) is 0 Å². The van der Waals surface area contributed by atoms with E-state index in [2.05, 4.69) is 38.1 Å². The second-order valence-corrected chi connectivity index (χ2v) is 12.8. The summed E-state index contributed by atoms with van der Waals surface area (Å²) < 4.78 is 0. The molecule has 4 rings (SSSR count). The summed E-state index contributed by atoms with van der Waals surface area (Å²) >= 11 is 0. The predicted octanol–water partition coefficient (Wildman–Crippen LogP) is 10.9. The third kappa shape index (κ3) is 7.86. The quantitative estimate of drug-likeness (QED) is 0.286. The molecule has 3 aliphatic carbocycles. The van der Waals surface area contributed by atoms with Gasteiger partial charge in [-0.15, -0.1) is 0 Å². The topological polar surface area (TPSA) is 0 Å². The highest BCUT2D eigenvalue weighted by Gasteiger charge is 2.31. The molecule has 0 aliphatic heterocycles.